The second-order valence-corrected chi connectivity index (χ2v) is 11.0. The Morgan fingerprint density at radius 3 is 2.27 bits per heavy atom. The van der Waals surface area contributed by atoms with Crippen LogP contribution in [0.1, 0.15) is 15.9 Å². The average Bonchev–Trinajstić information content (AvgIpc) is 3.45. The Bertz CT molecular complexity index is 1810. The predicted molar refractivity (Wildman–Crippen MR) is 168 cm³/mol. The highest BCUT2D eigenvalue weighted by Crippen LogP contribution is 2.26. The van der Waals surface area contributed by atoms with Crippen LogP contribution in [-0.2, 0) is 11.2 Å². The number of carbonyl (C=O) groups excluding carboxylic acids is 2. The van der Waals surface area contributed by atoms with Crippen LogP contribution in [0.3, 0.4) is 0 Å². The van der Waals surface area contributed by atoms with E-state index in [1.165, 1.54) is 18.2 Å². The van der Waals surface area contributed by atoms with Gasteiger partial charge in [-0.15, -0.1) is 0 Å². The molecule has 2 aromatic heterocycles. The van der Waals surface area contributed by atoms with Crippen LogP contribution in [0.25, 0.3) is 10.9 Å². The zero-order chi connectivity index (χ0) is 30.6. The summed E-state index contributed by atoms with van der Waals surface area (Å²) in [5, 5.41) is 6.56. The smallest absolute Gasteiger partial charge is 0.254 e. The van der Waals surface area contributed by atoms with Gasteiger partial charge >= 0.3 is 0 Å². The fraction of sp³-hybridized carbons (Fsp3) is 0.182. The molecule has 0 bridgehead atoms. The Hall–Kier alpha value is -4.96. The number of nitrogens with zero attached hydrogens (tertiary/aromatic N) is 3. The lowest BCUT2D eigenvalue weighted by Gasteiger charge is -2.37. The van der Waals surface area contributed by atoms with Gasteiger partial charge in [0.05, 0.1) is 10.6 Å². The molecule has 8 nitrogen and oxygen atoms in total. The van der Waals surface area contributed by atoms with Crippen LogP contribution in [0, 0.1) is 11.6 Å². The van der Waals surface area contributed by atoms with Crippen LogP contribution in [-0.4, -0.2) is 54.0 Å². The molecule has 1 fully saturated rings. The monoisotopic (exact) mass is 614 g/mol. The molecule has 1 aliphatic heterocycles. The number of piperazine rings is 1. The van der Waals surface area contributed by atoms with Crippen LogP contribution < -0.4 is 20.4 Å². The molecule has 1 atom stereocenters. The summed E-state index contributed by atoms with van der Waals surface area (Å²) < 4.78 is 29.0. The van der Waals surface area contributed by atoms with Crippen LogP contribution >= 0.6 is 11.6 Å². The molecule has 3 heterocycles. The number of benzene rings is 3. The molecule has 2 amide bonds. The zero-order valence-corrected chi connectivity index (χ0v) is 24.3. The van der Waals surface area contributed by atoms with Gasteiger partial charge in [-0.2, -0.15) is 0 Å². The van der Waals surface area contributed by atoms with Crippen molar-refractivity contribution in [2.45, 2.75) is 12.5 Å². The number of amides is 2. The second-order valence-electron chi connectivity index (χ2n) is 10.6. The maximum Gasteiger partial charge on any atom is 0.254 e. The minimum atomic E-state index is -0.984. The number of hydrogen-bond acceptors (Lipinski definition) is 5. The normalized spacial score (nSPS) is 14.0. The van der Waals surface area contributed by atoms with E-state index in [9.17, 15) is 14.0 Å². The average molecular weight is 615 g/mol. The topological polar surface area (TPSA) is 93.4 Å². The lowest BCUT2D eigenvalue weighted by molar-refractivity contribution is -0.118. The fourth-order valence-electron chi connectivity index (χ4n) is 5.42. The molecule has 0 saturated carbocycles. The van der Waals surface area contributed by atoms with Gasteiger partial charge in [0.25, 0.3) is 5.91 Å². The molecular weight excluding hydrogens is 586 g/mol. The molecule has 3 aromatic carbocycles. The third-order valence-corrected chi connectivity index (χ3v) is 8.07. The SMILES string of the molecule is O=C(NC(Cc1c[nH]c2ccccc12)C(=O)Nc1ccncc1)c1ccc(N2CCN(c3ccc(F)c(Cl)c3)CC2)cc1F. The van der Waals surface area contributed by atoms with Crippen molar-refractivity contribution >= 4 is 51.4 Å². The first-order valence-corrected chi connectivity index (χ1v) is 14.5. The molecule has 0 radical (unpaired) electrons. The standard InChI is InChI=1S/C33H29ClF2N6O2/c34-27-18-23(6-8-28(27)35)41-13-15-42(16-14-41)24-5-7-26(29(36)19-24)32(43)40-31(33(44)39-22-9-11-37-12-10-22)17-21-20-38-30-4-2-1-3-25(21)30/h1-12,18-20,31,38H,13-17H2,(H,40,43)(H,37,39,44). The van der Waals surface area contributed by atoms with Crippen LogP contribution in [0.2, 0.25) is 5.02 Å². The van der Waals surface area contributed by atoms with Gasteiger partial charge in [-0.1, -0.05) is 29.8 Å². The Morgan fingerprint density at radius 2 is 1.57 bits per heavy atom. The summed E-state index contributed by atoms with van der Waals surface area (Å²) in [5.41, 5.74) is 3.58. The molecule has 224 valence electrons. The van der Waals surface area contributed by atoms with Crippen molar-refractivity contribution in [2.75, 3.05) is 41.3 Å². The zero-order valence-electron chi connectivity index (χ0n) is 23.6. The fourth-order valence-corrected chi connectivity index (χ4v) is 5.59. The van der Waals surface area contributed by atoms with E-state index in [4.69, 9.17) is 11.6 Å². The maximum absolute atomic E-state index is 15.4. The quantitative estimate of drug-likeness (QED) is 0.205. The van der Waals surface area contributed by atoms with Gasteiger partial charge in [-0.3, -0.25) is 14.6 Å². The number of aromatic nitrogens is 2. The van der Waals surface area contributed by atoms with Crippen LogP contribution in [0.5, 0.6) is 0 Å². The summed E-state index contributed by atoms with van der Waals surface area (Å²) in [6.07, 6.45) is 5.11. The lowest BCUT2D eigenvalue weighted by atomic mass is 10.0. The van der Waals surface area contributed by atoms with E-state index in [1.54, 1.807) is 42.7 Å². The molecule has 11 heteroatoms. The Labute approximate surface area is 257 Å². The predicted octanol–water partition coefficient (Wildman–Crippen LogP) is 5.80. The van der Waals surface area contributed by atoms with Gasteiger partial charge in [0.1, 0.15) is 17.7 Å². The first-order valence-electron chi connectivity index (χ1n) is 14.2. The van der Waals surface area contributed by atoms with Crippen molar-refractivity contribution in [1.29, 1.82) is 0 Å². The number of fused-ring (bicyclic) bond motifs is 1. The van der Waals surface area contributed by atoms with E-state index in [1.807, 2.05) is 35.4 Å². The maximum atomic E-state index is 15.4. The molecular formula is C33H29ClF2N6O2. The van der Waals surface area contributed by atoms with Gasteiger partial charge in [0.15, 0.2) is 0 Å². The molecule has 44 heavy (non-hydrogen) atoms. The third-order valence-electron chi connectivity index (χ3n) is 7.78. The van der Waals surface area contributed by atoms with Crippen LogP contribution in [0.15, 0.2) is 91.4 Å². The highest BCUT2D eigenvalue weighted by Gasteiger charge is 2.26. The summed E-state index contributed by atoms with van der Waals surface area (Å²) in [5.74, 6) is -2.28. The summed E-state index contributed by atoms with van der Waals surface area (Å²) in [6, 6.07) is 19.1. The minimum absolute atomic E-state index is 0.0689. The molecule has 1 saturated heterocycles. The first kappa shape index (κ1) is 29.1. The van der Waals surface area contributed by atoms with Crippen molar-refractivity contribution in [1.82, 2.24) is 15.3 Å². The highest BCUT2D eigenvalue weighted by molar-refractivity contribution is 6.31. The Morgan fingerprint density at radius 1 is 0.886 bits per heavy atom. The number of rotatable bonds is 8. The van der Waals surface area contributed by atoms with E-state index in [0.717, 1.165) is 22.2 Å². The largest absolute Gasteiger partial charge is 0.368 e. The number of carbonyl (C=O) groups is 2. The molecule has 3 N–H and O–H groups in total. The van der Waals surface area contributed by atoms with Crippen molar-refractivity contribution in [3.8, 4) is 0 Å². The van der Waals surface area contributed by atoms with E-state index < -0.39 is 29.5 Å². The molecule has 5 aromatic rings. The molecule has 1 unspecified atom stereocenters. The van der Waals surface area contributed by atoms with E-state index in [0.29, 0.717) is 37.6 Å². The second kappa shape index (κ2) is 12.7. The minimum Gasteiger partial charge on any atom is -0.368 e. The summed E-state index contributed by atoms with van der Waals surface area (Å²) in [7, 11) is 0. The Balaban J connectivity index is 1.16. The molecule has 6 rings (SSSR count). The first-order chi connectivity index (χ1) is 21.4. The van der Waals surface area contributed by atoms with Crippen molar-refractivity contribution < 1.29 is 18.4 Å². The van der Waals surface area contributed by atoms with Crippen molar-refractivity contribution in [3.63, 3.8) is 0 Å². The number of H-pyrrole nitrogens is 1. The highest BCUT2D eigenvalue weighted by atomic mass is 35.5. The number of aromatic amines is 1. The summed E-state index contributed by atoms with van der Waals surface area (Å²) >= 11 is 5.95. The Kier molecular flexibility index (Phi) is 8.42. The number of nitrogens with one attached hydrogen (secondary N) is 3. The van der Waals surface area contributed by atoms with Crippen LogP contribution in [0.4, 0.5) is 25.8 Å². The number of pyridine rings is 1. The van der Waals surface area contributed by atoms with Gasteiger partial charge in [0, 0.05) is 79.2 Å². The van der Waals surface area contributed by atoms with Gasteiger partial charge < -0.3 is 25.4 Å². The summed E-state index contributed by atoms with van der Waals surface area (Å²) in [6.45, 7) is 2.46. The van der Waals surface area contributed by atoms with Gasteiger partial charge in [-0.05, 0) is 60.2 Å². The number of anilines is 3. The molecule has 1 aliphatic rings. The number of halogens is 3. The van der Waals surface area contributed by atoms with E-state index in [-0.39, 0.29) is 17.0 Å². The molecule has 0 aliphatic carbocycles. The van der Waals surface area contributed by atoms with Crippen molar-refractivity contribution in [2.24, 2.45) is 0 Å². The van der Waals surface area contributed by atoms with E-state index in [2.05, 4.69) is 25.5 Å². The molecule has 0 spiro atoms. The van der Waals surface area contributed by atoms with Gasteiger partial charge in [-0.25, -0.2) is 8.78 Å². The summed E-state index contributed by atoms with van der Waals surface area (Å²) in [4.78, 5) is 38.0. The van der Waals surface area contributed by atoms with Crippen molar-refractivity contribution in [3.05, 3.63) is 119 Å². The van der Waals surface area contributed by atoms with E-state index >= 15 is 4.39 Å². The lowest BCUT2D eigenvalue weighted by Crippen LogP contribution is -2.46. The number of hydrogen-bond donors (Lipinski definition) is 3. The number of para-hydroxylation sites is 1. The third kappa shape index (κ3) is 6.35. The van der Waals surface area contributed by atoms with Gasteiger partial charge in [0.2, 0.25) is 5.91 Å².